The van der Waals surface area contributed by atoms with Crippen molar-refractivity contribution in [2.75, 3.05) is 24.9 Å². The van der Waals surface area contributed by atoms with Gasteiger partial charge in [-0.15, -0.1) is 0 Å². The van der Waals surface area contributed by atoms with Crippen molar-refractivity contribution in [1.82, 2.24) is 19.7 Å². The predicted octanol–water partition coefficient (Wildman–Crippen LogP) is 6.08. The van der Waals surface area contributed by atoms with Crippen LogP contribution < -0.4 is 24.8 Å². The van der Waals surface area contributed by atoms with E-state index in [4.69, 9.17) is 14.2 Å². The van der Waals surface area contributed by atoms with E-state index in [1.54, 1.807) is 60.7 Å². The molecule has 0 saturated carbocycles. The number of nitrogens with one attached hydrogen (secondary N) is 2. The van der Waals surface area contributed by atoms with Crippen LogP contribution in [0.15, 0.2) is 79.1 Å². The highest BCUT2D eigenvalue weighted by Gasteiger charge is 2.16. The number of aromatic nitrogens is 4. The summed E-state index contributed by atoms with van der Waals surface area (Å²) in [6, 6.07) is 19.9. The molecule has 2 amide bonds. The van der Waals surface area contributed by atoms with Crippen LogP contribution in [0.2, 0.25) is 0 Å². The number of alkyl halides is 2. The lowest BCUT2D eigenvalue weighted by atomic mass is 10.2. The number of anilines is 2. The molecule has 0 atom stereocenters. The van der Waals surface area contributed by atoms with Crippen molar-refractivity contribution in [3.05, 3.63) is 84.8 Å². The SMILES string of the molecule is COc1cc2ncnc(Oc3cccc(NC(=O)Nc4cc(CC(F)F)nn4-c4ccccc4)c3)c2cc1OC. The van der Waals surface area contributed by atoms with E-state index in [0.717, 1.165) is 0 Å². The maximum atomic E-state index is 13.0. The first-order valence-corrected chi connectivity index (χ1v) is 12.1. The molecule has 2 aromatic heterocycles. The summed E-state index contributed by atoms with van der Waals surface area (Å²) in [5, 5.41) is 10.3. The highest BCUT2D eigenvalue weighted by atomic mass is 19.3. The Bertz CT molecular complexity index is 1650. The fraction of sp³-hybridized carbons (Fsp3) is 0.143. The normalized spacial score (nSPS) is 10.9. The van der Waals surface area contributed by atoms with E-state index in [0.29, 0.717) is 39.5 Å². The minimum Gasteiger partial charge on any atom is -0.493 e. The number of rotatable bonds is 9. The van der Waals surface area contributed by atoms with Gasteiger partial charge in [0.05, 0.1) is 42.9 Å². The van der Waals surface area contributed by atoms with Crippen molar-refractivity contribution >= 4 is 28.4 Å². The van der Waals surface area contributed by atoms with E-state index in [9.17, 15) is 13.6 Å². The van der Waals surface area contributed by atoms with Crippen molar-refractivity contribution in [3.8, 4) is 28.8 Å². The summed E-state index contributed by atoms with van der Waals surface area (Å²) in [4.78, 5) is 21.4. The van der Waals surface area contributed by atoms with Gasteiger partial charge in [-0.25, -0.2) is 28.2 Å². The Morgan fingerprint density at radius 1 is 0.925 bits per heavy atom. The summed E-state index contributed by atoms with van der Waals surface area (Å²) < 4.78 is 44.1. The summed E-state index contributed by atoms with van der Waals surface area (Å²) in [5.41, 5.74) is 1.78. The minimum atomic E-state index is -2.57. The van der Waals surface area contributed by atoms with Crippen LogP contribution in [0, 0.1) is 0 Å². The molecule has 2 N–H and O–H groups in total. The fourth-order valence-corrected chi connectivity index (χ4v) is 4.01. The molecular weight excluding hydrogens is 522 g/mol. The van der Waals surface area contributed by atoms with Gasteiger partial charge in [-0.2, -0.15) is 5.10 Å². The standard InChI is InChI=1S/C28H24F2N6O4/c1-38-23-14-21-22(15-24(23)39-2)31-16-32-27(21)40-20-10-6-7-17(11-20)33-28(37)34-26-13-18(12-25(29)30)35-36(26)19-8-4-3-5-9-19/h3-11,13-16,25H,12H2,1-2H3,(H2,33,34,37). The van der Waals surface area contributed by atoms with E-state index < -0.39 is 18.9 Å². The highest BCUT2D eigenvalue weighted by molar-refractivity contribution is 5.99. The van der Waals surface area contributed by atoms with Crippen LogP contribution in [-0.2, 0) is 6.42 Å². The number of fused-ring (bicyclic) bond motifs is 1. The highest BCUT2D eigenvalue weighted by Crippen LogP contribution is 2.36. The average Bonchev–Trinajstić information content (AvgIpc) is 3.34. The van der Waals surface area contributed by atoms with E-state index in [1.165, 1.54) is 31.3 Å². The molecule has 0 aliphatic heterocycles. The zero-order valence-electron chi connectivity index (χ0n) is 21.5. The van der Waals surface area contributed by atoms with Crippen LogP contribution in [0.5, 0.6) is 23.1 Å². The smallest absolute Gasteiger partial charge is 0.324 e. The second kappa shape index (κ2) is 11.6. The molecule has 40 heavy (non-hydrogen) atoms. The first kappa shape index (κ1) is 26.4. The molecular formula is C28H24F2N6O4. The number of hydrogen-bond donors (Lipinski definition) is 2. The largest absolute Gasteiger partial charge is 0.493 e. The number of hydrogen-bond acceptors (Lipinski definition) is 7. The molecule has 3 aromatic carbocycles. The van der Waals surface area contributed by atoms with Crippen LogP contribution in [0.1, 0.15) is 5.69 Å². The quantitative estimate of drug-likeness (QED) is 0.231. The Morgan fingerprint density at radius 3 is 2.45 bits per heavy atom. The molecule has 0 bridgehead atoms. The molecule has 0 radical (unpaired) electrons. The van der Waals surface area contributed by atoms with Gasteiger partial charge in [-0.3, -0.25) is 5.32 Å². The second-order valence-electron chi connectivity index (χ2n) is 8.48. The molecule has 12 heteroatoms. The average molecular weight is 547 g/mol. The Morgan fingerprint density at radius 2 is 1.70 bits per heavy atom. The zero-order chi connectivity index (χ0) is 28.1. The molecule has 204 valence electrons. The Labute approximate surface area is 227 Å². The monoisotopic (exact) mass is 546 g/mol. The van der Waals surface area contributed by atoms with Gasteiger partial charge in [-0.1, -0.05) is 24.3 Å². The summed E-state index contributed by atoms with van der Waals surface area (Å²) in [6.45, 7) is 0. The second-order valence-corrected chi connectivity index (χ2v) is 8.48. The van der Waals surface area contributed by atoms with Gasteiger partial charge in [0.1, 0.15) is 17.9 Å². The third-order valence-electron chi connectivity index (χ3n) is 5.78. The van der Waals surface area contributed by atoms with E-state index in [2.05, 4.69) is 25.7 Å². The third kappa shape index (κ3) is 5.90. The van der Waals surface area contributed by atoms with Crippen LogP contribution in [-0.4, -0.2) is 46.4 Å². The van der Waals surface area contributed by atoms with Crippen molar-refractivity contribution < 1.29 is 27.8 Å². The van der Waals surface area contributed by atoms with Crippen molar-refractivity contribution in [2.45, 2.75) is 12.8 Å². The van der Waals surface area contributed by atoms with E-state index in [-0.39, 0.29) is 17.4 Å². The number of halogens is 2. The van der Waals surface area contributed by atoms with E-state index in [1.807, 2.05) is 6.07 Å². The Hall–Kier alpha value is -5.26. The number of carbonyl (C=O) groups is 1. The lowest BCUT2D eigenvalue weighted by Crippen LogP contribution is -2.21. The van der Waals surface area contributed by atoms with E-state index >= 15 is 0 Å². The predicted molar refractivity (Wildman–Crippen MR) is 145 cm³/mol. The summed E-state index contributed by atoms with van der Waals surface area (Å²) in [6.07, 6.45) is -1.73. The Kier molecular flexibility index (Phi) is 7.67. The molecule has 5 aromatic rings. The zero-order valence-corrected chi connectivity index (χ0v) is 21.5. The minimum absolute atomic E-state index is 0.149. The third-order valence-corrected chi connectivity index (χ3v) is 5.78. The molecule has 0 fully saturated rings. The van der Waals surface area contributed by atoms with Gasteiger partial charge in [0.2, 0.25) is 12.3 Å². The molecule has 0 spiro atoms. The van der Waals surface area contributed by atoms with Crippen LogP contribution in [0.3, 0.4) is 0 Å². The van der Waals surface area contributed by atoms with Gasteiger partial charge in [-0.05, 0) is 30.3 Å². The molecule has 0 aliphatic rings. The molecule has 2 heterocycles. The maximum Gasteiger partial charge on any atom is 0.324 e. The first-order chi connectivity index (χ1) is 19.4. The number of nitrogens with zero attached hydrogens (tertiary/aromatic N) is 4. The molecule has 0 saturated heterocycles. The Balaban J connectivity index is 1.35. The fourth-order valence-electron chi connectivity index (χ4n) is 4.01. The number of methoxy groups -OCH3 is 2. The summed E-state index contributed by atoms with van der Waals surface area (Å²) >= 11 is 0. The van der Waals surface area contributed by atoms with Crippen molar-refractivity contribution in [3.63, 3.8) is 0 Å². The van der Waals surface area contributed by atoms with Crippen molar-refractivity contribution in [2.24, 2.45) is 0 Å². The summed E-state index contributed by atoms with van der Waals surface area (Å²) in [5.74, 6) is 1.94. The van der Waals surface area contributed by atoms with Crippen LogP contribution >= 0.6 is 0 Å². The van der Waals surface area contributed by atoms with Gasteiger partial charge in [0.25, 0.3) is 0 Å². The molecule has 5 rings (SSSR count). The summed E-state index contributed by atoms with van der Waals surface area (Å²) in [7, 11) is 3.06. The number of ether oxygens (including phenoxy) is 3. The lowest BCUT2D eigenvalue weighted by molar-refractivity contribution is 0.147. The molecule has 10 nitrogen and oxygen atoms in total. The maximum absolute atomic E-state index is 13.0. The van der Waals surface area contributed by atoms with Gasteiger partial charge in [0.15, 0.2) is 11.5 Å². The first-order valence-electron chi connectivity index (χ1n) is 12.1. The number of amides is 2. The lowest BCUT2D eigenvalue weighted by Gasteiger charge is -2.13. The topological polar surface area (TPSA) is 112 Å². The number of para-hydroxylation sites is 1. The van der Waals surface area contributed by atoms with Gasteiger partial charge >= 0.3 is 6.03 Å². The van der Waals surface area contributed by atoms with Gasteiger partial charge in [0, 0.05) is 23.9 Å². The van der Waals surface area contributed by atoms with Crippen LogP contribution in [0.25, 0.3) is 16.6 Å². The van der Waals surface area contributed by atoms with Gasteiger partial charge < -0.3 is 19.5 Å². The van der Waals surface area contributed by atoms with Crippen LogP contribution in [0.4, 0.5) is 25.1 Å². The number of benzene rings is 3. The van der Waals surface area contributed by atoms with Crippen molar-refractivity contribution in [1.29, 1.82) is 0 Å². The number of urea groups is 1. The molecule has 0 aliphatic carbocycles. The number of carbonyl (C=O) groups excluding carboxylic acids is 1. The molecule has 0 unspecified atom stereocenters.